The highest BCUT2D eigenvalue weighted by Gasteiger charge is 2.53. The van der Waals surface area contributed by atoms with E-state index in [0.717, 1.165) is 6.08 Å². The van der Waals surface area contributed by atoms with Gasteiger partial charge < -0.3 is 9.31 Å². The molecule has 0 spiro atoms. The molecule has 7 heteroatoms. The third-order valence-corrected chi connectivity index (χ3v) is 3.81. The lowest BCUT2D eigenvalue weighted by molar-refractivity contribution is -0.136. The Kier molecular flexibility index (Phi) is 4.97. The number of halogens is 4. The maximum absolute atomic E-state index is 14.0. The lowest BCUT2D eigenvalue weighted by Gasteiger charge is -2.32. The lowest BCUT2D eigenvalue weighted by atomic mass is 9.85. The summed E-state index contributed by atoms with van der Waals surface area (Å²) in [5.74, 6) is -0.532. The maximum Gasteiger partial charge on any atom is 0.524 e. The van der Waals surface area contributed by atoms with Crippen molar-refractivity contribution in [2.45, 2.75) is 64.8 Å². The number of allylic oxidation sites excluding steroid dienone is 1. The first-order valence-corrected chi connectivity index (χ1v) is 6.64. The maximum atomic E-state index is 14.0. The van der Waals surface area contributed by atoms with E-state index in [0.29, 0.717) is 0 Å². The standard InChI is InChI=1S/C13H21BF4O2/c1-9(6-7-13(16,17)18)8-10(15)14-19-11(2,3)12(4,5)20-14/h8-9H,6-7H2,1-5H3. The van der Waals surface area contributed by atoms with E-state index in [-0.39, 0.29) is 6.42 Å². The average molecular weight is 296 g/mol. The van der Waals surface area contributed by atoms with Crippen molar-refractivity contribution in [3.05, 3.63) is 11.8 Å². The van der Waals surface area contributed by atoms with Crippen molar-refractivity contribution in [3.63, 3.8) is 0 Å². The molecule has 0 aromatic carbocycles. The molecule has 0 saturated carbocycles. The summed E-state index contributed by atoms with van der Waals surface area (Å²) in [6.45, 7) is 8.68. The fourth-order valence-electron chi connectivity index (χ4n) is 1.78. The number of alkyl halides is 3. The molecule has 0 aliphatic carbocycles. The van der Waals surface area contributed by atoms with E-state index in [9.17, 15) is 17.6 Å². The van der Waals surface area contributed by atoms with Gasteiger partial charge in [-0.05, 0) is 40.0 Å². The smallest absolute Gasteiger partial charge is 0.398 e. The Bertz CT molecular complexity index is 361. The van der Waals surface area contributed by atoms with Crippen LogP contribution in [-0.4, -0.2) is 24.5 Å². The quantitative estimate of drug-likeness (QED) is 0.563. The normalized spacial score (nSPS) is 24.1. The molecule has 1 aliphatic heterocycles. The molecule has 1 heterocycles. The first-order chi connectivity index (χ1) is 8.84. The molecule has 20 heavy (non-hydrogen) atoms. The Hall–Kier alpha value is -0.555. The summed E-state index contributed by atoms with van der Waals surface area (Å²) in [5, 5.41) is 0. The van der Waals surface area contributed by atoms with Gasteiger partial charge in [-0.25, -0.2) is 4.39 Å². The van der Waals surface area contributed by atoms with Crippen molar-refractivity contribution in [1.29, 1.82) is 0 Å². The van der Waals surface area contributed by atoms with E-state index < -0.39 is 42.6 Å². The van der Waals surface area contributed by atoms with Crippen LogP contribution in [0.1, 0.15) is 47.5 Å². The molecule has 2 nitrogen and oxygen atoms in total. The van der Waals surface area contributed by atoms with Crippen LogP contribution in [0.3, 0.4) is 0 Å². The summed E-state index contributed by atoms with van der Waals surface area (Å²) in [4.78, 5) is 0. The highest BCUT2D eigenvalue weighted by Crippen LogP contribution is 2.39. The predicted molar refractivity (Wildman–Crippen MR) is 69.7 cm³/mol. The van der Waals surface area contributed by atoms with Crippen LogP contribution in [0.15, 0.2) is 11.8 Å². The molecule has 1 fully saturated rings. The van der Waals surface area contributed by atoms with E-state index in [4.69, 9.17) is 9.31 Å². The molecule has 0 radical (unpaired) electrons. The third-order valence-electron chi connectivity index (χ3n) is 3.81. The summed E-state index contributed by atoms with van der Waals surface area (Å²) in [7, 11) is -1.15. The zero-order valence-electron chi connectivity index (χ0n) is 12.5. The van der Waals surface area contributed by atoms with Crippen LogP contribution in [0.4, 0.5) is 17.6 Å². The Balaban J connectivity index is 2.62. The van der Waals surface area contributed by atoms with Gasteiger partial charge in [0.1, 0.15) is 5.73 Å². The van der Waals surface area contributed by atoms with E-state index in [1.165, 1.54) is 6.92 Å². The number of hydrogen-bond donors (Lipinski definition) is 0. The summed E-state index contributed by atoms with van der Waals surface area (Å²) in [6, 6.07) is 0. The van der Waals surface area contributed by atoms with Crippen molar-refractivity contribution in [2.24, 2.45) is 5.92 Å². The molecule has 0 bridgehead atoms. The molecule has 1 saturated heterocycles. The minimum Gasteiger partial charge on any atom is -0.398 e. The number of hydrogen-bond acceptors (Lipinski definition) is 2. The van der Waals surface area contributed by atoms with E-state index in [1.807, 2.05) is 0 Å². The van der Waals surface area contributed by atoms with Crippen molar-refractivity contribution in [1.82, 2.24) is 0 Å². The van der Waals surface area contributed by atoms with Gasteiger partial charge in [0.15, 0.2) is 0 Å². The van der Waals surface area contributed by atoms with Crippen LogP contribution >= 0.6 is 0 Å². The molecule has 1 rings (SSSR count). The van der Waals surface area contributed by atoms with Crippen molar-refractivity contribution in [2.75, 3.05) is 0 Å². The molecule has 1 unspecified atom stereocenters. The fraction of sp³-hybridized carbons (Fsp3) is 0.846. The Morgan fingerprint density at radius 2 is 1.60 bits per heavy atom. The summed E-state index contributed by atoms with van der Waals surface area (Å²) in [5.41, 5.74) is -2.01. The van der Waals surface area contributed by atoms with Gasteiger partial charge in [0.05, 0.1) is 11.2 Å². The van der Waals surface area contributed by atoms with Crippen molar-refractivity contribution in [3.8, 4) is 0 Å². The largest absolute Gasteiger partial charge is 0.524 e. The summed E-state index contributed by atoms with van der Waals surface area (Å²) < 4.78 is 61.2. The van der Waals surface area contributed by atoms with Gasteiger partial charge in [-0.3, -0.25) is 0 Å². The third kappa shape index (κ3) is 4.48. The second kappa shape index (κ2) is 5.68. The lowest BCUT2D eigenvalue weighted by Crippen LogP contribution is -2.41. The molecule has 1 atom stereocenters. The van der Waals surface area contributed by atoms with Gasteiger partial charge >= 0.3 is 13.3 Å². The Morgan fingerprint density at radius 1 is 1.15 bits per heavy atom. The second-order valence-electron chi connectivity index (χ2n) is 6.27. The molecule has 0 N–H and O–H groups in total. The minimum atomic E-state index is -4.22. The van der Waals surface area contributed by atoms with Crippen LogP contribution < -0.4 is 0 Å². The van der Waals surface area contributed by atoms with Crippen LogP contribution in [-0.2, 0) is 9.31 Å². The molecule has 0 aromatic heterocycles. The Morgan fingerprint density at radius 3 is 2.00 bits per heavy atom. The molecular formula is C13H21BF4O2. The minimum absolute atomic E-state index is 0.156. The first-order valence-electron chi connectivity index (χ1n) is 6.64. The zero-order chi connectivity index (χ0) is 15.8. The molecular weight excluding hydrogens is 275 g/mol. The second-order valence-corrected chi connectivity index (χ2v) is 6.27. The molecule has 0 amide bonds. The predicted octanol–water partition coefficient (Wildman–Crippen LogP) is 4.45. The first kappa shape index (κ1) is 17.5. The Labute approximate surface area is 117 Å². The van der Waals surface area contributed by atoms with Gasteiger partial charge in [-0.1, -0.05) is 13.0 Å². The monoisotopic (exact) mass is 296 g/mol. The summed E-state index contributed by atoms with van der Waals surface area (Å²) >= 11 is 0. The van der Waals surface area contributed by atoms with Gasteiger partial charge in [0.25, 0.3) is 0 Å². The van der Waals surface area contributed by atoms with E-state index in [1.54, 1.807) is 27.7 Å². The number of rotatable bonds is 4. The fourth-order valence-corrected chi connectivity index (χ4v) is 1.78. The average Bonchev–Trinajstić information content (AvgIpc) is 2.44. The molecule has 1 aliphatic rings. The van der Waals surface area contributed by atoms with Crippen LogP contribution in [0, 0.1) is 5.92 Å². The molecule has 116 valence electrons. The van der Waals surface area contributed by atoms with Gasteiger partial charge in [0, 0.05) is 6.42 Å². The van der Waals surface area contributed by atoms with Crippen molar-refractivity contribution < 1.29 is 26.9 Å². The topological polar surface area (TPSA) is 18.5 Å². The zero-order valence-corrected chi connectivity index (χ0v) is 12.5. The van der Waals surface area contributed by atoms with Gasteiger partial charge in [-0.2, -0.15) is 13.2 Å². The van der Waals surface area contributed by atoms with E-state index in [2.05, 4.69) is 0 Å². The SMILES string of the molecule is CC(C=C(F)B1OC(C)(C)C(C)(C)O1)CCC(F)(F)F. The van der Waals surface area contributed by atoms with E-state index >= 15 is 0 Å². The van der Waals surface area contributed by atoms with Crippen molar-refractivity contribution >= 4 is 7.12 Å². The van der Waals surface area contributed by atoms with Crippen LogP contribution in [0.2, 0.25) is 0 Å². The van der Waals surface area contributed by atoms with Crippen LogP contribution in [0.25, 0.3) is 0 Å². The van der Waals surface area contributed by atoms with Gasteiger partial charge in [-0.15, -0.1) is 0 Å². The highest BCUT2D eigenvalue weighted by atomic mass is 19.4. The van der Waals surface area contributed by atoms with Gasteiger partial charge in [0.2, 0.25) is 0 Å². The summed E-state index contributed by atoms with van der Waals surface area (Å²) in [6.07, 6.45) is -4.16. The molecule has 0 aromatic rings. The van der Waals surface area contributed by atoms with Crippen LogP contribution in [0.5, 0.6) is 0 Å². The highest BCUT2D eigenvalue weighted by molar-refractivity contribution is 6.53.